The number of nitrogens with one attached hydrogen (secondary N) is 1. The molecule has 7 heteroatoms. The maximum Gasteiger partial charge on any atom is 0.260 e. The lowest BCUT2D eigenvalue weighted by atomic mass is 10.0. The van der Waals surface area contributed by atoms with E-state index in [9.17, 15) is 13.5 Å². The van der Waals surface area contributed by atoms with Gasteiger partial charge in [-0.15, -0.1) is 0 Å². The zero-order chi connectivity index (χ0) is 12.0. The van der Waals surface area contributed by atoms with E-state index in [1.165, 1.54) is 10.5 Å². The van der Waals surface area contributed by atoms with E-state index in [1.807, 2.05) is 6.92 Å². The first-order valence-corrected chi connectivity index (χ1v) is 6.55. The number of aromatic nitrogens is 2. The van der Waals surface area contributed by atoms with Gasteiger partial charge in [-0.1, -0.05) is 6.92 Å². The molecule has 1 aromatic heterocycles. The van der Waals surface area contributed by atoms with Crippen molar-refractivity contribution in [3.8, 4) is 0 Å². The van der Waals surface area contributed by atoms with Gasteiger partial charge in [0.1, 0.15) is 5.82 Å². The van der Waals surface area contributed by atoms with Crippen LogP contribution in [0.3, 0.4) is 0 Å². The van der Waals surface area contributed by atoms with Gasteiger partial charge in [0.25, 0.3) is 10.0 Å². The second-order valence-electron chi connectivity index (χ2n) is 4.32. The van der Waals surface area contributed by atoms with E-state index in [-0.39, 0.29) is 18.1 Å². The zero-order valence-electron chi connectivity index (χ0n) is 9.27. The molecular formula is C9H15N3O3S. The van der Waals surface area contributed by atoms with Crippen LogP contribution in [-0.4, -0.2) is 46.5 Å². The normalized spacial score (nSPS) is 20.7. The van der Waals surface area contributed by atoms with Crippen LogP contribution in [0.5, 0.6) is 0 Å². The Morgan fingerprint density at radius 1 is 1.62 bits per heavy atom. The molecule has 0 radical (unpaired) electrons. The second kappa shape index (κ2) is 3.54. The lowest BCUT2D eigenvalue weighted by Gasteiger charge is -2.42. The van der Waals surface area contributed by atoms with Crippen molar-refractivity contribution in [3.63, 3.8) is 0 Å². The number of imidazole rings is 1. The minimum absolute atomic E-state index is 0.0971. The van der Waals surface area contributed by atoms with Crippen LogP contribution in [0.1, 0.15) is 19.7 Å². The largest absolute Gasteiger partial charge is 0.387 e. The molecule has 16 heavy (non-hydrogen) atoms. The van der Waals surface area contributed by atoms with E-state index in [0.29, 0.717) is 12.2 Å². The summed E-state index contributed by atoms with van der Waals surface area (Å²) in [5.41, 5.74) is -0.902. The van der Waals surface area contributed by atoms with Gasteiger partial charge in [0.05, 0.1) is 11.8 Å². The van der Waals surface area contributed by atoms with E-state index < -0.39 is 15.6 Å². The first kappa shape index (κ1) is 11.6. The minimum atomic E-state index is -3.51. The van der Waals surface area contributed by atoms with Crippen LogP contribution in [0, 0.1) is 0 Å². The number of aromatic amines is 1. The maximum atomic E-state index is 12.0. The Morgan fingerprint density at radius 3 is 2.69 bits per heavy atom. The third kappa shape index (κ3) is 1.85. The summed E-state index contributed by atoms with van der Waals surface area (Å²) in [4.78, 5) is 6.71. The van der Waals surface area contributed by atoms with Crippen molar-refractivity contribution in [3.05, 3.63) is 12.0 Å². The molecule has 1 fully saturated rings. The number of sulfonamides is 1. The number of hydrogen-bond acceptors (Lipinski definition) is 4. The molecule has 90 valence electrons. The number of rotatable bonds is 3. The quantitative estimate of drug-likeness (QED) is 0.767. The van der Waals surface area contributed by atoms with Crippen molar-refractivity contribution in [2.24, 2.45) is 0 Å². The summed E-state index contributed by atoms with van der Waals surface area (Å²) in [7, 11) is -3.51. The summed E-state index contributed by atoms with van der Waals surface area (Å²) in [6, 6.07) is 0. The molecule has 2 heterocycles. The van der Waals surface area contributed by atoms with Gasteiger partial charge in [0.15, 0.2) is 5.03 Å². The van der Waals surface area contributed by atoms with Crippen LogP contribution in [0.4, 0.5) is 0 Å². The molecule has 0 saturated carbocycles. The van der Waals surface area contributed by atoms with Crippen LogP contribution < -0.4 is 0 Å². The zero-order valence-corrected chi connectivity index (χ0v) is 10.1. The number of H-pyrrole nitrogens is 1. The number of hydrogen-bond donors (Lipinski definition) is 2. The highest BCUT2D eigenvalue weighted by atomic mass is 32.2. The molecule has 1 aliphatic heterocycles. The molecule has 2 rings (SSSR count). The Hall–Kier alpha value is -0.920. The smallest absolute Gasteiger partial charge is 0.260 e. The molecule has 1 aliphatic rings. The summed E-state index contributed by atoms with van der Waals surface area (Å²) in [6.07, 6.45) is 1.98. The summed E-state index contributed by atoms with van der Waals surface area (Å²) >= 11 is 0. The average Bonchev–Trinajstić information content (AvgIpc) is 2.62. The highest BCUT2D eigenvalue weighted by Gasteiger charge is 2.44. The fourth-order valence-electron chi connectivity index (χ4n) is 1.68. The predicted molar refractivity (Wildman–Crippen MR) is 57.3 cm³/mol. The summed E-state index contributed by atoms with van der Waals surface area (Å²) in [6.45, 7) is 3.78. The molecule has 0 atom stereocenters. The Balaban J connectivity index is 2.20. The summed E-state index contributed by atoms with van der Waals surface area (Å²) in [5.74, 6) is 0.644. The summed E-state index contributed by atoms with van der Waals surface area (Å²) < 4.78 is 25.2. The van der Waals surface area contributed by atoms with E-state index in [4.69, 9.17) is 0 Å². The van der Waals surface area contributed by atoms with E-state index in [0.717, 1.165) is 0 Å². The number of aryl methyl sites for hydroxylation is 1. The standard InChI is InChI=1S/C9H15N3O3S/c1-3-7-10-4-8(11-7)16(14,15)12-5-9(2,13)6-12/h4,13H,3,5-6H2,1-2H3,(H,10,11). The SMILES string of the molecule is CCc1ncc(S(=O)(=O)N2CC(C)(O)C2)[nH]1. The van der Waals surface area contributed by atoms with Crippen LogP contribution in [0.15, 0.2) is 11.2 Å². The van der Waals surface area contributed by atoms with Gasteiger partial charge in [-0.25, -0.2) is 13.4 Å². The first-order chi connectivity index (χ1) is 7.35. The molecule has 0 spiro atoms. The fraction of sp³-hybridized carbons (Fsp3) is 0.667. The average molecular weight is 245 g/mol. The number of nitrogens with zero attached hydrogens (tertiary/aromatic N) is 2. The van der Waals surface area contributed by atoms with Crippen molar-refractivity contribution in [2.45, 2.75) is 30.9 Å². The molecule has 0 unspecified atom stereocenters. The third-order valence-electron chi connectivity index (χ3n) is 2.59. The Bertz CT molecular complexity index is 484. The molecule has 1 saturated heterocycles. The van der Waals surface area contributed by atoms with Gasteiger partial charge >= 0.3 is 0 Å². The number of β-amino-alcohol motifs (C(OH)–C–C–N with tert-alkyl or cyclic N) is 1. The third-order valence-corrected chi connectivity index (χ3v) is 4.29. The lowest BCUT2D eigenvalue weighted by molar-refractivity contribution is -0.0427. The number of aliphatic hydroxyl groups is 1. The highest BCUT2D eigenvalue weighted by Crippen LogP contribution is 2.26. The van der Waals surface area contributed by atoms with Crippen LogP contribution in [0.2, 0.25) is 0 Å². The van der Waals surface area contributed by atoms with Gasteiger partial charge in [0, 0.05) is 19.5 Å². The predicted octanol–water partition coefficient (Wildman–Crippen LogP) is -0.273. The molecule has 0 aliphatic carbocycles. The van der Waals surface area contributed by atoms with Crippen molar-refractivity contribution < 1.29 is 13.5 Å². The van der Waals surface area contributed by atoms with Crippen molar-refractivity contribution in [2.75, 3.05) is 13.1 Å². The molecular weight excluding hydrogens is 230 g/mol. The monoisotopic (exact) mass is 245 g/mol. The Kier molecular flexibility index (Phi) is 2.56. The van der Waals surface area contributed by atoms with Crippen molar-refractivity contribution >= 4 is 10.0 Å². The first-order valence-electron chi connectivity index (χ1n) is 5.11. The van der Waals surface area contributed by atoms with Gasteiger partial charge in [0.2, 0.25) is 0 Å². The molecule has 0 aromatic carbocycles. The van der Waals surface area contributed by atoms with Gasteiger partial charge in [-0.3, -0.25) is 0 Å². The van der Waals surface area contributed by atoms with E-state index >= 15 is 0 Å². The van der Waals surface area contributed by atoms with Crippen LogP contribution in [0.25, 0.3) is 0 Å². The Labute approximate surface area is 94.4 Å². The molecule has 1 aromatic rings. The van der Waals surface area contributed by atoms with Crippen LogP contribution >= 0.6 is 0 Å². The van der Waals surface area contributed by atoms with Gasteiger partial charge < -0.3 is 10.1 Å². The van der Waals surface area contributed by atoms with Crippen molar-refractivity contribution in [1.29, 1.82) is 0 Å². The van der Waals surface area contributed by atoms with E-state index in [2.05, 4.69) is 9.97 Å². The maximum absolute atomic E-state index is 12.0. The molecule has 6 nitrogen and oxygen atoms in total. The molecule has 2 N–H and O–H groups in total. The minimum Gasteiger partial charge on any atom is -0.387 e. The van der Waals surface area contributed by atoms with Gasteiger partial charge in [-0.05, 0) is 6.92 Å². The Morgan fingerprint density at radius 2 is 2.25 bits per heavy atom. The molecule has 0 bridgehead atoms. The van der Waals surface area contributed by atoms with Crippen molar-refractivity contribution in [1.82, 2.24) is 14.3 Å². The van der Waals surface area contributed by atoms with Gasteiger partial charge in [-0.2, -0.15) is 4.31 Å². The summed E-state index contributed by atoms with van der Waals surface area (Å²) in [5, 5.41) is 9.61. The lowest BCUT2D eigenvalue weighted by Crippen LogP contribution is -2.61. The van der Waals surface area contributed by atoms with Crippen LogP contribution in [-0.2, 0) is 16.4 Å². The van der Waals surface area contributed by atoms with E-state index in [1.54, 1.807) is 6.92 Å². The molecule has 0 amide bonds. The highest BCUT2D eigenvalue weighted by molar-refractivity contribution is 7.89. The fourth-order valence-corrected chi connectivity index (χ4v) is 3.28. The topological polar surface area (TPSA) is 86.3 Å². The second-order valence-corrected chi connectivity index (χ2v) is 6.22.